The molecule has 0 bridgehead atoms. The maximum atomic E-state index is 11.2. The van der Waals surface area contributed by atoms with Gasteiger partial charge in [0, 0.05) is 12.3 Å². The van der Waals surface area contributed by atoms with Gasteiger partial charge in [-0.05, 0) is 0 Å². The molecule has 1 atom stereocenters. The Morgan fingerprint density at radius 1 is 1.31 bits per heavy atom. The molecular formula is C9H15NO3. The number of aliphatic carboxylic acids is 1. The van der Waals surface area contributed by atoms with Crippen LogP contribution in [-0.2, 0) is 9.59 Å². The summed E-state index contributed by atoms with van der Waals surface area (Å²) in [5.41, 5.74) is -0.0927. The fraction of sp³-hybridized carbons (Fsp3) is 0.667. The van der Waals surface area contributed by atoms with Crippen LogP contribution in [0.2, 0.25) is 0 Å². The summed E-state index contributed by atoms with van der Waals surface area (Å²) in [7, 11) is 0. The topological polar surface area (TPSA) is 78.2 Å². The van der Waals surface area contributed by atoms with Crippen LogP contribution in [0, 0.1) is 17.2 Å². The van der Waals surface area contributed by atoms with Crippen LogP contribution in [0.1, 0.15) is 27.2 Å². The Balaban J connectivity index is 4.16. The van der Waals surface area contributed by atoms with Gasteiger partial charge in [-0.25, -0.2) is 0 Å². The Hall–Kier alpha value is -1.19. The van der Waals surface area contributed by atoms with Crippen molar-refractivity contribution in [3.63, 3.8) is 0 Å². The van der Waals surface area contributed by atoms with E-state index in [0.717, 1.165) is 0 Å². The summed E-state index contributed by atoms with van der Waals surface area (Å²) in [5.74, 6) is -2.13. The van der Waals surface area contributed by atoms with E-state index < -0.39 is 11.9 Å². The third kappa shape index (κ3) is 3.83. The standard InChI is InChI=1S/C9H15NO3/c1-5(2)8(11)7(10)4-6(3)9(12)13/h5-6,10H,4H2,1-3H3,(H,12,13). The lowest BCUT2D eigenvalue weighted by molar-refractivity contribution is -0.140. The van der Waals surface area contributed by atoms with E-state index >= 15 is 0 Å². The zero-order chi connectivity index (χ0) is 10.6. The van der Waals surface area contributed by atoms with Gasteiger partial charge in [0.05, 0.1) is 11.6 Å². The molecular weight excluding hydrogens is 170 g/mol. The minimum absolute atomic E-state index is 0.0202. The number of hydrogen-bond acceptors (Lipinski definition) is 3. The molecule has 0 aliphatic carbocycles. The van der Waals surface area contributed by atoms with Gasteiger partial charge in [-0.1, -0.05) is 20.8 Å². The van der Waals surface area contributed by atoms with E-state index in [0.29, 0.717) is 0 Å². The van der Waals surface area contributed by atoms with Gasteiger partial charge in [0.1, 0.15) is 0 Å². The number of carbonyl (C=O) groups is 2. The number of rotatable bonds is 5. The third-order valence-corrected chi connectivity index (χ3v) is 1.75. The van der Waals surface area contributed by atoms with E-state index in [4.69, 9.17) is 10.5 Å². The molecule has 0 aliphatic heterocycles. The van der Waals surface area contributed by atoms with Crippen molar-refractivity contribution in [3.05, 3.63) is 0 Å². The Morgan fingerprint density at radius 2 is 1.77 bits per heavy atom. The molecule has 0 fully saturated rings. The van der Waals surface area contributed by atoms with Crippen molar-refractivity contribution in [2.75, 3.05) is 0 Å². The molecule has 0 aliphatic rings. The molecule has 0 radical (unpaired) electrons. The van der Waals surface area contributed by atoms with Crippen molar-refractivity contribution >= 4 is 17.5 Å². The van der Waals surface area contributed by atoms with Gasteiger partial charge < -0.3 is 10.5 Å². The molecule has 74 valence electrons. The van der Waals surface area contributed by atoms with Gasteiger partial charge in [-0.15, -0.1) is 0 Å². The van der Waals surface area contributed by atoms with Gasteiger partial charge in [-0.2, -0.15) is 0 Å². The van der Waals surface area contributed by atoms with Gasteiger partial charge in [0.15, 0.2) is 5.78 Å². The number of Topliss-reactive ketones (excluding diaryl/α,β-unsaturated/α-hetero) is 1. The summed E-state index contributed by atoms with van der Waals surface area (Å²) in [4.78, 5) is 21.6. The van der Waals surface area contributed by atoms with Crippen molar-refractivity contribution in [2.45, 2.75) is 27.2 Å². The predicted molar refractivity (Wildman–Crippen MR) is 49.0 cm³/mol. The zero-order valence-electron chi connectivity index (χ0n) is 8.13. The lowest BCUT2D eigenvalue weighted by atomic mass is 9.97. The number of carbonyl (C=O) groups excluding carboxylic acids is 1. The Morgan fingerprint density at radius 3 is 2.08 bits per heavy atom. The highest BCUT2D eigenvalue weighted by Crippen LogP contribution is 2.06. The molecule has 4 heteroatoms. The summed E-state index contributed by atoms with van der Waals surface area (Å²) in [6.07, 6.45) is 0.0202. The number of hydrogen-bond donors (Lipinski definition) is 2. The predicted octanol–water partition coefficient (Wildman–Crippen LogP) is 1.34. The molecule has 1 unspecified atom stereocenters. The maximum absolute atomic E-state index is 11.2. The second kappa shape index (κ2) is 4.74. The average Bonchev–Trinajstić information content (AvgIpc) is 2.02. The molecule has 4 nitrogen and oxygen atoms in total. The van der Waals surface area contributed by atoms with Crippen molar-refractivity contribution in [3.8, 4) is 0 Å². The highest BCUT2D eigenvalue weighted by Gasteiger charge is 2.19. The molecule has 0 rings (SSSR count). The first-order valence-corrected chi connectivity index (χ1v) is 4.20. The molecule has 0 saturated carbocycles. The quantitative estimate of drug-likeness (QED) is 0.634. The van der Waals surface area contributed by atoms with Gasteiger partial charge >= 0.3 is 5.97 Å². The van der Waals surface area contributed by atoms with Crippen LogP contribution < -0.4 is 0 Å². The summed E-state index contributed by atoms with van der Waals surface area (Å²) in [6.45, 7) is 4.88. The minimum atomic E-state index is -0.971. The monoisotopic (exact) mass is 185 g/mol. The van der Waals surface area contributed by atoms with Crippen molar-refractivity contribution in [1.29, 1.82) is 5.41 Å². The molecule has 2 N–H and O–H groups in total. The largest absolute Gasteiger partial charge is 0.481 e. The third-order valence-electron chi connectivity index (χ3n) is 1.75. The fourth-order valence-electron chi connectivity index (χ4n) is 0.843. The van der Waals surface area contributed by atoms with Crippen LogP contribution >= 0.6 is 0 Å². The SMILES string of the molecule is CC(C)C(=O)C(=N)CC(C)C(=O)O. The molecule has 0 amide bonds. The Bertz CT molecular complexity index is 233. The number of ketones is 1. The van der Waals surface area contributed by atoms with E-state index in [9.17, 15) is 9.59 Å². The first-order valence-electron chi connectivity index (χ1n) is 4.20. The van der Waals surface area contributed by atoms with E-state index in [1.807, 2.05) is 0 Å². The highest BCUT2D eigenvalue weighted by atomic mass is 16.4. The molecule has 0 aromatic carbocycles. The second-order valence-electron chi connectivity index (χ2n) is 3.44. The Kier molecular flexibility index (Phi) is 4.31. The second-order valence-corrected chi connectivity index (χ2v) is 3.44. The van der Waals surface area contributed by atoms with Crippen LogP contribution in [0.5, 0.6) is 0 Å². The van der Waals surface area contributed by atoms with Crippen molar-refractivity contribution in [1.82, 2.24) is 0 Å². The van der Waals surface area contributed by atoms with Crippen LogP contribution in [0.25, 0.3) is 0 Å². The van der Waals surface area contributed by atoms with Crippen molar-refractivity contribution < 1.29 is 14.7 Å². The molecule has 0 aromatic rings. The van der Waals surface area contributed by atoms with Gasteiger partial charge in [0.2, 0.25) is 0 Å². The van der Waals surface area contributed by atoms with E-state index in [1.54, 1.807) is 13.8 Å². The summed E-state index contributed by atoms with van der Waals surface area (Å²) in [5, 5.41) is 15.9. The van der Waals surface area contributed by atoms with Gasteiger partial charge in [0.25, 0.3) is 0 Å². The highest BCUT2D eigenvalue weighted by molar-refractivity contribution is 6.39. The number of nitrogens with one attached hydrogen (secondary N) is 1. The summed E-state index contributed by atoms with van der Waals surface area (Å²) >= 11 is 0. The number of carboxylic acid groups (broad SMARTS) is 1. The van der Waals surface area contributed by atoms with Crippen LogP contribution in [0.15, 0.2) is 0 Å². The normalized spacial score (nSPS) is 12.6. The average molecular weight is 185 g/mol. The van der Waals surface area contributed by atoms with Crippen LogP contribution in [0.4, 0.5) is 0 Å². The smallest absolute Gasteiger partial charge is 0.306 e. The molecule has 0 spiro atoms. The lowest BCUT2D eigenvalue weighted by Crippen LogP contribution is -2.23. The van der Waals surface area contributed by atoms with E-state index in [2.05, 4.69) is 0 Å². The first kappa shape index (κ1) is 11.8. The molecule has 0 aromatic heterocycles. The maximum Gasteiger partial charge on any atom is 0.306 e. The first-order chi connectivity index (χ1) is 5.86. The van der Waals surface area contributed by atoms with E-state index in [1.165, 1.54) is 6.92 Å². The summed E-state index contributed by atoms with van der Waals surface area (Å²) in [6, 6.07) is 0. The Labute approximate surface area is 77.5 Å². The molecule has 0 heterocycles. The van der Waals surface area contributed by atoms with Crippen LogP contribution in [-0.4, -0.2) is 22.6 Å². The number of carboxylic acids is 1. The summed E-state index contributed by atoms with van der Waals surface area (Å²) < 4.78 is 0. The zero-order valence-corrected chi connectivity index (χ0v) is 8.13. The van der Waals surface area contributed by atoms with E-state index in [-0.39, 0.29) is 23.8 Å². The molecule has 13 heavy (non-hydrogen) atoms. The minimum Gasteiger partial charge on any atom is -0.481 e. The lowest BCUT2D eigenvalue weighted by Gasteiger charge is -2.08. The fourth-order valence-corrected chi connectivity index (χ4v) is 0.843. The van der Waals surface area contributed by atoms with Gasteiger partial charge in [-0.3, -0.25) is 9.59 Å². The van der Waals surface area contributed by atoms with Crippen LogP contribution in [0.3, 0.4) is 0 Å². The molecule has 0 saturated heterocycles. The van der Waals surface area contributed by atoms with Crippen molar-refractivity contribution in [2.24, 2.45) is 11.8 Å².